The van der Waals surface area contributed by atoms with Crippen molar-refractivity contribution in [2.24, 2.45) is 11.7 Å². The van der Waals surface area contributed by atoms with Crippen LogP contribution in [-0.4, -0.2) is 26.8 Å². The molecule has 5 nitrogen and oxygen atoms in total. The second-order valence-electron chi connectivity index (χ2n) is 5.05. The van der Waals surface area contributed by atoms with Gasteiger partial charge in [0.05, 0.1) is 25.3 Å². The van der Waals surface area contributed by atoms with Gasteiger partial charge in [-0.2, -0.15) is 0 Å². The van der Waals surface area contributed by atoms with E-state index in [1.54, 1.807) is 33.3 Å². The van der Waals surface area contributed by atoms with Crippen molar-refractivity contribution < 1.29 is 19.0 Å². The van der Waals surface area contributed by atoms with Gasteiger partial charge < -0.3 is 19.9 Å². The quantitative estimate of drug-likeness (QED) is 0.792. The third-order valence-electron chi connectivity index (χ3n) is 3.75. The molecule has 116 valence electrons. The number of nitrogens with two attached hydrogens (primary N) is 1. The summed E-state index contributed by atoms with van der Waals surface area (Å²) in [5, 5.41) is 0. The van der Waals surface area contributed by atoms with Crippen LogP contribution in [0.1, 0.15) is 25.3 Å². The normalized spacial score (nSPS) is 17.0. The Morgan fingerprint density at radius 2 is 1.95 bits per heavy atom. The molecule has 0 aromatic heterocycles. The Bertz CT molecular complexity index is 545. The SMILES string of the molecule is CCOC(=O)C(N)(c1cc(Br)c(OC)cc1OC)C1CC1. The summed E-state index contributed by atoms with van der Waals surface area (Å²) in [4.78, 5) is 12.4. The van der Waals surface area contributed by atoms with Gasteiger partial charge in [0.25, 0.3) is 0 Å². The second kappa shape index (κ2) is 6.23. The van der Waals surface area contributed by atoms with E-state index in [4.69, 9.17) is 19.9 Å². The minimum absolute atomic E-state index is 0.0748. The number of benzene rings is 1. The van der Waals surface area contributed by atoms with E-state index in [9.17, 15) is 4.79 Å². The van der Waals surface area contributed by atoms with Crippen LogP contribution in [0.4, 0.5) is 0 Å². The first-order valence-corrected chi connectivity index (χ1v) is 7.66. The van der Waals surface area contributed by atoms with Crippen LogP contribution in [0, 0.1) is 5.92 Å². The monoisotopic (exact) mass is 357 g/mol. The topological polar surface area (TPSA) is 70.8 Å². The van der Waals surface area contributed by atoms with Crippen LogP contribution in [0.5, 0.6) is 11.5 Å². The Labute approximate surface area is 132 Å². The Kier molecular flexibility index (Phi) is 4.78. The van der Waals surface area contributed by atoms with Crippen LogP contribution < -0.4 is 15.2 Å². The maximum atomic E-state index is 12.4. The fraction of sp³-hybridized carbons (Fsp3) is 0.533. The number of esters is 1. The first-order chi connectivity index (χ1) is 9.98. The molecule has 1 aromatic carbocycles. The molecular weight excluding hydrogens is 338 g/mol. The number of hydrogen-bond acceptors (Lipinski definition) is 5. The molecule has 1 saturated carbocycles. The lowest BCUT2D eigenvalue weighted by Crippen LogP contribution is -2.48. The van der Waals surface area contributed by atoms with Crippen LogP contribution in [0.2, 0.25) is 0 Å². The lowest BCUT2D eigenvalue weighted by molar-refractivity contribution is -0.151. The molecule has 0 radical (unpaired) electrons. The Morgan fingerprint density at radius 1 is 1.33 bits per heavy atom. The van der Waals surface area contributed by atoms with E-state index in [0.717, 1.165) is 17.3 Å². The molecule has 0 spiro atoms. The van der Waals surface area contributed by atoms with E-state index in [1.165, 1.54) is 0 Å². The van der Waals surface area contributed by atoms with Crippen molar-refractivity contribution >= 4 is 21.9 Å². The van der Waals surface area contributed by atoms with Gasteiger partial charge in [-0.15, -0.1) is 0 Å². The molecule has 1 atom stereocenters. The first kappa shape index (κ1) is 16.1. The fourth-order valence-corrected chi connectivity index (χ4v) is 2.97. The summed E-state index contributed by atoms with van der Waals surface area (Å²) in [5.41, 5.74) is 5.91. The van der Waals surface area contributed by atoms with Gasteiger partial charge in [0.2, 0.25) is 0 Å². The lowest BCUT2D eigenvalue weighted by atomic mass is 9.85. The maximum absolute atomic E-state index is 12.4. The van der Waals surface area contributed by atoms with Crippen molar-refractivity contribution in [3.05, 3.63) is 22.2 Å². The number of hydrogen-bond donors (Lipinski definition) is 1. The molecule has 2 rings (SSSR count). The Hall–Kier alpha value is -1.27. The van der Waals surface area contributed by atoms with Gasteiger partial charge in [0, 0.05) is 11.6 Å². The van der Waals surface area contributed by atoms with E-state index in [2.05, 4.69) is 15.9 Å². The molecule has 1 aliphatic rings. The minimum Gasteiger partial charge on any atom is -0.496 e. The van der Waals surface area contributed by atoms with E-state index in [0.29, 0.717) is 23.7 Å². The average molecular weight is 358 g/mol. The van der Waals surface area contributed by atoms with E-state index >= 15 is 0 Å². The third kappa shape index (κ3) is 2.87. The number of carbonyl (C=O) groups excluding carboxylic acids is 1. The molecule has 0 aliphatic heterocycles. The standard InChI is InChI=1S/C15H20BrNO4/c1-4-21-14(18)15(17,9-5-6-9)10-7-11(16)13(20-3)8-12(10)19-2/h7-9H,4-6,17H2,1-3H3. The smallest absolute Gasteiger partial charge is 0.331 e. The zero-order chi connectivity index (χ0) is 15.6. The van der Waals surface area contributed by atoms with Crippen molar-refractivity contribution in [2.45, 2.75) is 25.3 Å². The molecule has 1 unspecified atom stereocenters. The molecule has 0 bridgehead atoms. The summed E-state index contributed by atoms with van der Waals surface area (Å²) < 4.78 is 16.6. The summed E-state index contributed by atoms with van der Waals surface area (Å²) >= 11 is 3.43. The molecule has 1 aliphatic carbocycles. The molecule has 2 N–H and O–H groups in total. The van der Waals surface area contributed by atoms with Gasteiger partial charge in [-0.3, -0.25) is 0 Å². The Morgan fingerprint density at radius 3 is 2.43 bits per heavy atom. The summed E-state index contributed by atoms with van der Waals surface area (Å²) in [6.07, 6.45) is 1.81. The van der Waals surface area contributed by atoms with Crippen LogP contribution in [-0.2, 0) is 15.1 Å². The predicted octanol–water partition coefficient (Wildman–Crippen LogP) is 2.59. The first-order valence-electron chi connectivity index (χ1n) is 6.87. The predicted molar refractivity (Wildman–Crippen MR) is 82.5 cm³/mol. The molecule has 6 heteroatoms. The van der Waals surface area contributed by atoms with Crippen molar-refractivity contribution in [2.75, 3.05) is 20.8 Å². The molecule has 0 heterocycles. The third-order valence-corrected chi connectivity index (χ3v) is 4.37. The Balaban J connectivity index is 2.54. The number of methoxy groups -OCH3 is 2. The van der Waals surface area contributed by atoms with E-state index in [-0.39, 0.29) is 5.92 Å². The lowest BCUT2D eigenvalue weighted by Gasteiger charge is -2.29. The summed E-state index contributed by atoms with van der Waals surface area (Å²) in [6, 6.07) is 3.51. The summed E-state index contributed by atoms with van der Waals surface area (Å²) in [7, 11) is 3.12. The fourth-order valence-electron chi connectivity index (χ4n) is 2.47. The molecular formula is C15H20BrNO4. The average Bonchev–Trinajstić information content (AvgIpc) is 3.31. The van der Waals surface area contributed by atoms with Gasteiger partial charge in [0.15, 0.2) is 0 Å². The van der Waals surface area contributed by atoms with Gasteiger partial charge >= 0.3 is 5.97 Å². The molecule has 21 heavy (non-hydrogen) atoms. The molecule has 0 amide bonds. The van der Waals surface area contributed by atoms with Crippen LogP contribution in [0.15, 0.2) is 16.6 Å². The minimum atomic E-state index is -1.18. The number of ether oxygens (including phenoxy) is 3. The van der Waals surface area contributed by atoms with Gasteiger partial charge in [-0.05, 0) is 47.7 Å². The summed E-state index contributed by atoms with van der Waals surface area (Å²) in [5.74, 6) is 0.809. The van der Waals surface area contributed by atoms with E-state index in [1.807, 2.05) is 0 Å². The van der Waals surface area contributed by atoms with E-state index < -0.39 is 11.5 Å². The van der Waals surface area contributed by atoms with Gasteiger partial charge in [0.1, 0.15) is 17.0 Å². The van der Waals surface area contributed by atoms with Gasteiger partial charge in [-0.25, -0.2) is 4.79 Å². The summed E-state index contributed by atoms with van der Waals surface area (Å²) in [6.45, 7) is 2.07. The number of carbonyl (C=O) groups is 1. The van der Waals surface area contributed by atoms with Crippen LogP contribution in [0.25, 0.3) is 0 Å². The zero-order valence-corrected chi connectivity index (χ0v) is 14.0. The highest BCUT2D eigenvalue weighted by molar-refractivity contribution is 9.10. The highest BCUT2D eigenvalue weighted by Crippen LogP contribution is 2.49. The highest BCUT2D eigenvalue weighted by Gasteiger charge is 2.52. The van der Waals surface area contributed by atoms with Gasteiger partial charge in [-0.1, -0.05) is 0 Å². The second-order valence-corrected chi connectivity index (χ2v) is 5.91. The highest BCUT2D eigenvalue weighted by atomic mass is 79.9. The van der Waals surface area contributed by atoms with Crippen molar-refractivity contribution in [1.82, 2.24) is 0 Å². The molecule has 0 saturated heterocycles. The van der Waals surface area contributed by atoms with Crippen LogP contribution in [0.3, 0.4) is 0 Å². The van der Waals surface area contributed by atoms with Crippen molar-refractivity contribution in [3.8, 4) is 11.5 Å². The molecule has 1 aromatic rings. The molecule has 1 fully saturated rings. The number of halogens is 1. The van der Waals surface area contributed by atoms with Crippen molar-refractivity contribution in [3.63, 3.8) is 0 Å². The maximum Gasteiger partial charge on any atom is 0.331 e. The van der Waals surface area contributed by atoms with Crippen LogP contribution >= 0.6 is 15.9 Å². The zero-order valence-electron chi connectivity index (χ0n) is 12.4. The number of rotatable bonds is 6. The van der Waals surface area contributed by atoms with Crippen molar-refractivity contribution in [1.29, 1.82) is 0 Å². The largest absolute Gasteiger partial charge is 0.496 e.